The molecule has 0 heterocycles. The van der Waals surface area contributed by atoms with E-state index in [1.165, 1.54) is 18.2 Å². The van der Waals surface area contributed by atoms with Gasteiger partial charge in [-0.3, -0.25) is 14.9 Å². The highest BCUT2D eigenvalue weighted by Gasteiger charge is 2.21. The first-order valence-corrected chi connectivity index (χ1v) is 7.23. The summed E-state index contributed by atoms with van der Waals surface area (Å²) in [6.07, 6.45) is 5.97. The highest BCUT2D eigenvalue weighted by molar-refractivity contribution is 6.01. The summed E-state index contributed by atoms with van der Waals surface area (Å²) in [7, 11) is 0. The van der Waals surface area contributed by atoms with Crippen molar-refractivity contribution in [3.8, 4) is 0 Å². The number of benzene rings is 1. The molecular weight excluding hydrogens is 303 g/mol. The van der Waals surface area contributed by atoms with E-state index in [2.05, 4.69) is 5.32 Å². The highest BCUT2D eigenvalue weighted by atomic mass is 19.1. The van der Waals surface area contributed by atoms with Gasteiger partial charge in [-0.05, 0) is 31.4 Å². The zero-order chi connectivity index (χ0) is 16.7. The van der Waals surface area contributed by atoms with Crippen molar-refractivity contribution in [3.63, 3.8) is 0 Å². The zero-order valence-corrected chi connectivity index (χ0v) is 12.4. The molecule has 0 saturated carbocycles. The lowest BCUT2D eigenvalue weighted by atomic mass is 9.95. The van der Waals surface area contributed by atoms with Crippen LogP contribution in [0.15, 0.2) is 36.4 Å². The molecule has 1 aromatic carbocycles. The van der Waals surface area contributed by atoms with Crippen LogP contribution in [0.2, 0.25) is 0 Å². The predicted molar refractivity (Wildman–Crippen MR) is 81.0 cm³/mol. The van der Waals surface area contributed by atoms with E-state index >= 15 is 0 Å². The van der Waals surface area contributed by atoms with Crippen molar-refractivity contribution < 1.29 is 23.5 Å². The van der Waals surface area contributed by atoms with Gasteiger partial charge in [-0.1, -0.05) is 24.3 Å². The second kappa shape index (κ2) is 8.07. The van der Waals surface area contributed by atoms with E-state index in [4.69, 9.17) is 4.74 Å². The largest absolute Gasteiger partial charge is 0.455 e. The third kappa shape index (κ3) is 5.21. The maximum atomic E-state index is 13.3. The molecule has 23 heavy (non-hydrogen) atoms. The van der Waals surface area contributed by atoms with Gasteiger partial charge in [0.1, 0.15) is 5.82 Å². The molecule has 0 aliphatic heterocycles. The van der Waals surface area contributed by atoms with Gasteiger partial charge in [-0.2, -0.15) is 0 Å². The molecule has 2 N–H and O–H groups in total. The first-order chi connectivity index (χ1) is 11.1. The third-order valence-corrected chi connectivity index (χ3v) is 3.32. The Hall–Kier alpha value is -2.70. The van der Waals surface area contributed by atoms with E-state index in [1.54, 1.807) is 6.07 Å². The van der Waals surface area contributed by atoms with Gasteiger partial charge in [0.25, 0.3) is 5.91 Å². The molecule has 0 fully saturated rings. The summed E-state index contributed by atoms with van der Waals surface area (Å²) in [6.45, 7) is -0.552. The molecule has 0 spiro atoms. The van der Waals surface area contributed by atoms with E-state index in [0.717, 1.165) is 6.42 Å². The fraction of sp³-hybridized carbons (Fsp3) is 0.312. The Bertz CT molecular complexity index is 630. The number of carbonyl (C=O) groups is 3. The van der Waals surface area contributed by atoms with Gasteiger partial charge in [-0.25, -0.2) is 9.18 Å². The third-order valence-electron chi connectivity index (χ3n) is 3.32. The minimum atomic E-state index is -0.892. The quantitative estimate of drug-likeness (QED) is 0.659. The number of nitrogens with one attached hydrogen (secondary N) is 2. The van der Waals surface area contributed by atoms with E-state index < -0.39 is 30.3 Å². The summed E-state index contributed by atoms with van der Waals surface area (Å²) in [6, 6.07) is 4.66. The van der Waals surface area contributed by atoms with E-state index in [9.17, 15) is 18.8 Å². The topological polar surface area (TPSA) is 84.5 Å². The molecule has 0 bridgehead atoms. The van der Waals surface area contributed by atoms with Crippen LogP contribution in [0.5, 0.6) is 0 Å². The molecule has 1 aromatic rings. The fourth-order valence-corrected chi connectivity index (χ4v) is 2.14. The SMILES string of the molecule is O=C(COC(=O)[C@H]1CC=CCC1)NC(=O)Nc1ccccc1F. The Morgan fingerprint density at radius 2 is 2.00 bits per heavy atom. The van der Waals surface area contributed by atoms with Crippen LogP contribution >= 0.6 is 0 Å². The molecule has 3 amide bonds. The summed E-state index contributed by atoms with van der Waals surface area (Å²) < 4.78 is 18.2. The highest BCUT2D eigenvalue weighted by Crippen LogP contribution is 2.19. The monoisotopic (exact) mass is 320 g/mol. The summed E-state index contributed by atoms with van der Waals surface area (Å²) >= 11 is 0. The van der Waals surface area contributed by atoms with Crippen LogP contribution in [0.25, 0.3) is 0 Å². The molecule has 0 unspecified atom stereocenters. The van der Waals surface area contributed by atoms with Crippen LogP contribution in [-0.2, 0) is 14.3 Å². The number of anilines is 1. The van der Waals surface area contributed by atoms with Crippen LogP contribution in [0.3, 0.4) is 0 Å². The van der Waals surface area contributed by atoms with Crippen LogP contribution in [0.4, 0.5) is 14.9 Å². The number of ether oxygens (including phenoxy) is 1. The average molecular weight is 320 g/mol. The van der Waals surface area contributed by atoms with Gasteiger partial charge in [0.15, 0.2) is 6.61 Å². The molecule has 2 rings (SSSR count). The number of rotatable bonds is 4. The molecule has 1 aliphatic rings. The van der Waals surface area contributed by atoms with Crippen LogP contribution in [0.1, 0.15) is 19.3 Å². The van der Waals surface area contributed by atoms with Crippen molar-refractivity contribution in [2.45, 2.75) is 19.3 Å². The average Bonchev–Trinajstić information content (AvgIpc) is 2.55. The summed E-state index contributed by atoms with van der Waals surface area (Å²) in [5.74, 6) is -2.11. The molecule has 0 saturated heterocycles. The number of amides is 3. The van der Waals surface area contributed by atoms with Crippen LogP contribution in [0, 0.1) is 11.7 Å². The van der Waals surface area contributed by atoms with Gasteiger partial charge in [-0.15, -0.1) is 0 Å². The number of allylic oxidation sites excluding steroid dienone is 2. The minimum absolute atomic E-state index is 0.0520. The van der Waals surface area contributed by atoms with Gasteiger partial charge in [0, 0.05) is 0 Å². The van der Waals surface area contributed by atoms with Gasteiger partial charge in [0.05, 0.1) is 11.6 Å². The molecule has 0 aromatic heterocycles. The number of esters is 1. The molecule has 0 radical (unpaired) electrons. The minimum Gasteiger partial charge on any atom is -0.455 e. The van der Waals surface area contributed by atoms with Crippen LogP contribution < -0.4 is 10.6 Å². The van der Waals surface area contributed by atoms with Crippen molar-refractivity contribution in [1.29, 1.82) is 0 Å². The van der Waals surface area contributed by atoms with Crippen molar-refractivity contribution in [2.75, 3.05) is 11.9 Å². The Labute approximate surface area is 132 Å². The summed E-state index contributed by atoms with van der Waals surface area (Å²) in [4.78, 5) is 34.9. The normalized spacial score (nSPS) is 16.5. The lowest BCUT2D eigenvalue weighted by molar-refractivity contribution is -0.152. The Kier molecular flexibility index (Phi) is 5.85. The van der Waals surface area contributed by atoms with Crippen molar-refractivity contribution in [1.82, 2.24) is 5.32 Å². The molecule has 7 heteroatoms. The standard InChI is InChI=1S/C16H17FN2O4/c17-12-8-4-5-9-13(12)18-16(22)19-14(20)10-23-15(21)11-6-2-1-3-7-11/h1-2,4-5,8-9,11H,3,6-7,10H2,(H2,18,19,20,22)/t11-/m0/s1. The molecule has 1 atom stereocenters. The number of imide groups is 1. The second-order valence-electron chi connectivity index (χ2n) is 5.07. The number of hydrogen-bond acceptors (Lipinski definition) is 4. The van der Waals surface area contributed by atoms with Gasteiger partial charge in [0.2, 0.25) is 0 Å². The Morgan fingerprint density at radius 3 is 2.70 bits per heavy atom. The first kappa shape index (κ1) is 16.7. The van der Waals surface area contributed by atoms with E-state index in [0.29, 0.717) is 12.8 Å². The number of hydrogen-bond donors (Lipinski definition) is 2. The maximum absolute atomic E-state index is 13.3. The van der Waals surface area contributed by atoms with Crippen LogP contribution in [-0.4, -0.2) is 24.5 Å². The lowest BCUT2D eigenvalue weighted by Gasteiger charge is -2.16. The molecule has 1 aliphatic carbocycles. The molecular formula is C16H17FN2O4. The maximum Gasteiger partial charge on any atom is 0.326 e. The van der Waals surface area contributed by atoms with Gasteiger partial charge < -0.3 is 10.1 Å². The smallest absolute Gasteiger partial charge is 0.326 e. The molecule has 6 nitrogen and oxygen atoms in total. The molecule has 122 valence electrons. The summed E-state index contributed by atoms with van der Waals surface area (Å²) in [5.41, 5.74) is -0.0520. The number of para-hydroxylation sites is 1. The van der Waals surface area contributed by atoms with Crippen molar-refractivity contribution in [2.24, 2.45) is 5.92 Å². The lowest BCUT2D eigenvalue weighted by Crippen LogP contribution is -2.38. The van der Waals surface area contributed by atoms with Crippen molar-refractivity contribution >= 4 is 23.6 Å². The van der Waals surface area contributed by atoms with Crippen molar-refractivity contribution in [3.05, 3.63) is 42.2 Å². The van der Waals surface area contributed by atoms with Gasteiger partial charge >= 0.3 is 12.0 Å². The summed E-state index contributed by atoms with van der Waals surface area (Å²) in [5, 5.41) is 4.16. The number of halogens is 1. The van der Waals surface area contributed by atoms with E-state index in [1.807, 2.05) is 17.5 Å². The first-order valence-electron chi connectivity index (χ1n) is 7.23. The Morgan fingerprint density at radius 1 is 1.22 bits per heavy atom. The number of carbonyl (C=O) groups excluding carboxylic acids is 3. The predicted octanol–water partition coefficient (Wildman–Crippen LogP) is 2.37. The Balaban J connectivity index is 1.74. The van der Waals surface area contributed by atoms with E-state index in [-0.39, 0.29) is 11.6 Å². The zero-order valence-electron chi connectivity index (χ0n) is 12.4. The fourth-order valence-electron chi connectivity index (χ4n) is 2.14. The second-order valence-corrected chi connectivity index (χ2v) is 5.07. The number of urea groups is 1.